The number of phenolic OH excluding ortho intramolecular Hbond substituents is 3. The van der Waals surface area contributed by atoms with E-state index in [1.807, 2.05) is 45.9 Å². The van der Waals surface area contributed by atoms with E-state index in [0.29, 0.717) is 5.39 Å². The Bertz CT molecular complexity index is 940. The summed E-state index contributed by atoms with van der Waals surface area (Å²) in [4.78, 5) is 0. The molecule has 3 aromatic rings. The molecule has 3 rings (SSSR count). The average Bonchev–Trinajstić information content (AvgIpc) is 2.51. The highest BCUT2D eigenvalue weighted by atomic mass is 16.3. The number of aryl methyl sites for hydroxylation is 2. The highest BCUT2D eigenvalue weighted by Crippen LogP contribution is 2.42. The summed E-state index contributed by atoms with van der Waals surface area (Å²) >= 11 is 0. The van der Waals surface area contributed by atoms with Crippen LogP contribution in [0.25, 0.3) is 21.9 Å². The molecule has 0 unspecified atom stereocenters. The Balaban J connectivity index is 2.48. The van der Waals surface area contributed by atoms with E-state index in [2.05, 4.69) is 0 Å². The maximum atomic E-state index is 10.5. The van der Waals surface area contributed by atoms with E-state index >= 15 is 0 Å². The normalized spacial score (nSPS) is 11.1. The fourth-order valence-electron chi connectivity index (χ4n) is 3.05. The largest absolute Gasteiger partial charge is 0.508 e. The monoisotopic (exact) mass is 308 g/mol. The minimum atomic E-state index is 0.170. The lowest BCUT2D eigenvalue weighted by Crippen LogP contribution is -1.93. The van der Waals surface area contributed by atoms with Crippen molar-refractivity contribution in [3.8, 4) is 28.4 Å². The van der Waals surface area contributed by atoms with Crippen LogP contribution in [0, 0.1) is 27.7 Å². The maximum absolute atomic E-state index is 10.5. The van der Waals surface area contributed by atoms with E-state index in [9.17, 15) is 15.3 Å². The molecule has 0 saturated heterocycles. The Morgan fingerprint density at radius 3 is 1.96 bits per heavy atom. The standard InChI is InChI=1S/C20H20O3/c1-10-7-14(5-6-17(10)21)19-12(3)13(4)20(23)16-9-18(22)11(2)8-15(16)19/h5-9,21-23H,1-4H3. The third kappa shape index (κ3) is 2.29. The van der Waals surface area contributed by atoms with Crippen LogP contribution >= 0.6 is 0 Å². The van der Waals surface area contributed by atoms with E-state index in [1.54, 1.807) is 12.1 Å². The Kier molecular flexibility index (Phi) is 3.44. The Labute approximate surface area is 135 Å². The molecule has 0 bridgehead atoms. The highest BCUT2D eigenvalue weighted by Gasteiger charge is 2.17. The Morgan fingerprint density at radius 2 is 1.30 bits per heavy atom. The summed E-state index contributed by atoms with van der Waals surface area (Å²) in [6.07, 6.45) is 0. The van der Waals surface area contributed by atoms with E-state index in [0.717, 1.165) is 38.8 Å². The molecule has 0 spiro atoms. The summed E-state index contributed by atoms with van der Waals surface area (Å²) in [5.41, 5.74) is 5.34. The van der Waals surface area contributed by atoms with Gasteiger partial charge in [0.05, 0.1) is 0 Å². The van der Waals surface area contributed by atoms with Gasteiger partial charge in [0, 0.05) is 5.39 Å². The van der Waals surface area contributed by atoms with Crippen molar-refractivity contribution in [2.45, 2.75) is 27.7 Å². The number of aromatic hydroxyl groups is 3. The van der Waals surface area contributed by atoms with Crippen molar-refractivity contribution in [1.82, 2.24) is 0 Å². The van der Waals surface area contributed by atoms with Crippen molar-refractivity contribution in [3.05, 3.63) is 52.6 Å². The first-order valence-corrected chi connectivity index (χ1v) is 7.56. The van der Waals surface area contributed by atoms with Crippen molar-refractivity contribution >= 4 is 10.8 Å². The lowest BCUT2D eigenvalue weighted by atomic mass is 9.88. The van der Waals surface area contributed by atoms with Gasteiger partial charge in [0.1, 0.15) is 17.2 Å². The molecule has 0 aliphatic rings. The average molecular weight is 308 g/mol. The first kappa shape index (κ1) is 15.2. The molecule has 3 heteroatoms. The van der Waals surface area contributed by atoms with Crippen molar-refractivity contribution in [2.24, 2.45) is 0 Å². The zero-order valence-electron chi connectivity index (χ0n) is 13.7. The number of hydrogen-bond donors (Lipinski definition) is 3. The molecule has 0 amide bonds. The Hall–Kier alpha value is -2.68. The van der Waals surface area contributed by atoms with Crippen LogP contribution in [0.5, 0.6) is 17.2 Å². The van der Waals surface area contributed by atoms with E-state index in [-0.39, 0.29) is 17.2 Å². The molecule has 0 fully saturated rings. The van der Waals surface area contributed by atoms with Crippen LogP contribution < -0.4 is 0 Å². The topological polar surface area (TPSA) is 60.7 Å². The van der Waals surface area contributed by atoms with Gasteiger partial charge in [-0.3, -0.25) is 0 Å². The van der Waals surface area contributed by atoms with Crippen LogP contribution in [0.15, 0.2) is 30.3 Å². The van der Waals surface area contributed by atoms with Gasteiger partial charge in [-0.1, -0.05) is 6.07 Å². The second-order valence-corrected chi connectivity index (χ2v) is 6.16. The fourth-order valence-corrected chi connectivity index (χ4v) is 3.05. The van der Waals surface area contributed by atoms with Gasteiger partial charge in [0.25, 0.3) is 0 Å². The van der Waals surface area contributed by atoms with Gasteiger partial charge in [0.2, 0.25) is 0 Å². The highest BCUT2D eigenvalue weighted by molar-refractivity contribution is 6.03. The van der Waals surface area contributed by atoms with E-state index in [1.165, 1.54) is 0 Å². The molecule has 0 heterocycles. The van der Waals surface area contributed by atoms with Crippen LogP contribution in [0.2, 0.25) is 0 Å². The lowest BCUT2D eigenvalue weighted by Gasteiger charge is -2.17. The van der Waals surface area contributed by atoms with E-state index in [4.69, 9.17) is 0 Å². The molecule has 0 radical (unpaired) electrons. The third-order valence-electron chi connectivity index (χ3n) is 4.64. The summed E-state index contributed by atoms with van der Waals surface area (Å²) in [6.45, 7) is 7.56. The molecule has 118 valence electrons. The molecule has 3 aromatic carbocycles. The van der Waals surface area contributed by atoms with Crippen LogP contribution in [0.3, 0.4) is 0 Å². The van der Waals surface area contributed by atoms with E-state index < -0.39 is 0 Å². The first-order chi connectivity index (χ1) is 10.8. The quantitative estimate of drug-likeness (QED) is 0.602. The fraction of sp³-hybridized carbons (Fsp3) is 0.200. The SMILES string of the molecule is Cc1cc(-c2c(C)c(C)c(O)c3cc(O)c(C)cc23)ccc1O. The molecule has 0 aromatic heterocycles. The summed E-state index contributed by atoms with van der Waals surface area (Å²) in [5.74, 6) is 0.635. The number of phenols is 3. The van der Waals surface area contributed by atoms with Crippen molar-refractivity contribution < 1.29 is 15.3 Å². The Morgan fingerprint density at radius 1 is 0.652 bits per heavy atom. The minimum Gasteiger partial charge on any atom is -0.508 e. The summed E-state index contributed by atoms with van der Waals surface area (Å²) in [5, 5.41) is 31.8. The summed E-state index contributed by atoms with van der Waals surface area (Å²) < 4.78 is 0. The van der Waals surface area contributed by atoms with Crippen LogP contribution in [-0.2, 0) is 0 Å². The van der Waals surface area contributed by atoms with Crippen molar-refractivity contribution in [2.75, 3.05) is 0 Å². The summed E-state index contributed by atoms with van der Waals surface area (Å²) in [6, 6.07) is 9.02. The zero-order chi connectivity index (χ0) is 16.9. The van der Waals surface area contributed by atoms with Crippen LogP contribution in [0.1, 0.15) is 22.3 Å². The number of rotatable bonds is 1. The van der Waals surface area contributed by atoms with Crippen molar-refractivity contribution in [3.63, 3.8) is 0 Å². The van der Waals surface area contributed by atoms with Crippen molar-refractivity contribution in [1.29, 1.82) is 0 Å². The maximum Gasteiger partial charge on any atom is 0.126 e. The number of hydrogen-bond acceptors (Lipinski definition) is 3. The van der Waals surface area contributed by atoms with Crippen LogP contribution in [0.4, 0.5) is 0 Å². The predicted octanol–water partition coefficient (Wildman–Crippen LogP) is 4.86. The number of fused-ring (bicyclic) bond motifs is 1. The summed E-state index contributed by atoms with van der Waals surface area (Å²) in [7, 11) is 0. The second kappa shape index (κ2) is 5.20. The molecular formula is C20H20O3. The van der Waals surface area contributed by atoms with Gasteiger partial charge in [-0.2, -0.15) is 0 Å². The predicted molar refractivity (Wildman–Crippen MR) is 93.3 cm³/mol. The molecular weight excluding hydrogens is 288 g/mol. The lowest BCUT2D eigenvalue weighted by molar-refractivity contribution is 0.467. The van der Waals surface area contributed by atoms with Gasteiger partial charge in [0.15, 0.2) is 0 Å². The smallest absolute Gasteiger partial charge is 0.126 e. The van der Waals surface area contributed by atoms with Gasteiger partial charge in [-0.15, -0.1) is 0 Å². The van der Waals surface area contributed by atoms with Gasteiger partial charge in [-0.05, 0) is 90.7 Å². The molecule has 23 heavy (non-hydrogen) atoms. The minimum absolute atomic E-state index is 0.170. The number of benzene rings is 3. The van der Waals surface area contributed by atoms with Gasteiger partial charge in [-0.25, -0.2) is 0 Å². The zero-order valence-corrected chi connectivity index (χ0v) is 13.7. The molecule has 0 aliphatic carbocycles. The molecule has 0 saturated carbocycles. The third-order valence-corrected chi connectivity index (χ3v) is 4.64. The first-order valence-electron chi connectivity index (χ1n) is 7.56. The van der Waals surface area contributed by atoms with Gasteiger partial charge < -0.3 is 15.3 Å². The molecule has 0 atom stereocenters. The van der Waals surface area contributed by atoms with Crippen LogP contribution in [-0.4, -0.2) is 15.3 Å². The van der Waals surface area contributed by atoms with Gasteiger partial charge >= 0.3 is 0 Å². The molecule has 3 nitrogen and oxygen atoms in total. The second-order valence-electron chi connectivity index (χ2n) is 6.16. The molecule has 0 aliphatic heterocycles. The molecule has 3 N–H and O–H groups in total.